The molecular formula is C19H20N6O3. The van der Waals surface area contributed by atoms with E-state index in [1.165, 1.54) is 23.3 Å². The number of piperidine rings is 1. The maximum Gasteiger partial charge on any atom is 0.339 e. The number of hydrogen-bond donors (Lipinski definition) is 2. The summed E-state index contributed by atoms with van der Waals surface area (Å²) in [5, 5.41) is 16.5. The van der Waals surface area contributed by atoms with Crippen molar-refractivity contribution in [1.82, 2.24) is 19.6 Å². The number of nitrogens with one attached hydrogen (secondary N) is 1. The van der Waals surface area contributed by atoms with Crippen molar-refractivity contribution in [2.75, 3.05) is 16.8 Å². The third-order valence-electron chi connectivity index (χ3n) is 4.95. The summed E-state index contributed by atoms with van der Waals surface area (Å²) in [6, 6.07) is 5.10. The second-order valence-electron chi connectivity index (χ2n) is 6.85. The lowest BCUT2D eigenvalue weighted by molar-refractivity contribution is 0.0698. The van der Waals surface area contributed by atoms with E-state index < -0.39 is 5.97 Å². The van der Waals surface area contributed by atoms with Crippen LogP contribution in [0.1, 0.15) is 46.9 Å². The standard InChI is InChI=1S/C19H20N6O3/c1-12-4-2-3-9-24(12)14-10-15(18(27)28)16-21-19(23-25(16)11-14)22-17(26)13-5-7-20-8-6-13/h5-8,10-12H,2-4,9H2,1H3,(H,27,28)(H,22,23,26). The van der Waals surface area contributed by atoms with Gasteiger partial charge in [0.05, 0.1) is 11.9 Å². The van der Waals surface area contributed by atoms with Crippen LogP contribution in [0.5, 0.6) is 0 Å². The maximum absolute atomic E-state index is 12.3. The third-order valence-corrected chi connectivity index (χ3v) is 4.95. The highest BCUT2D eigenvalue weighted by atomic mass is 16.4. The molecule has 0 radical (unpaired) electrons. The van der Waals surface area contributed by atoms with Crippen molar-refractivity contribution in [2.24, 2.45) is 0 Å². The number of carboxylic acid groups (broad SMARTS) is 1. The summed E-state index contributed by atoms with van der Waals surface area (Å²) in [7, 11) is 0. The van der Waals surface area contributed by atoms with E-state index in [1.54, 1.807) is 24.4 Å². The highest BCUT2D eigenvalue weighted by Crippen LogP contribution is 2.27. The number of nitrogens with zero attached hydrogens (tertiary/aromatic N) is 5. The molecule has 0 saturated carbocycles. The summed E-state index contributed by atoms with van der Waals surface area (Å²) in [6.45, 7) is 3.00. The van der Waals surface area contributed by atoms with Crippen molar-refractivity contribution in [3.05, 3.63) is 47.9 Å². The molecule has 4 rings (SSSR count). The SMILES string of the molecule is CC1CCCCN1c1cc(C(=O)O)c2nc(NC(=O)c3ccncc3)nn2c1. The number of aromatic carboxylic acids is 1. The molecule has 28 heavy (non-hydrogen) atoms. The molecule has 1 atom stereocenters. The second-order valence-corrected chi connectivity index (χ2v) is 6.85. The largest absolute Gasteiger partial charge is 0.478 e. The zero-order valence-electron chi connectivity index (χ0n) is 15.4. The number of aromatic nitrogens is 4. The van der Waals surface area contributed by atoms with Gasteiger partial charge in [0.1, 0.15) is 5.56 Å². The van der Waals surface area contributed by atoms with Crippen molar-refractivity contribution < 1.29 is 14.7 Å². The number of fused-ring (bicyclic) bond motifs is 1. The van der Waals surface area contributed by atoms with Crippen LogP contribution >= 0.6 is 0 Å². The van der Waals surface area contributed by atoms with E-state index in [0.29, 0.717) is 11.6 Å². The van der Waals surface area contributed by atoms with Crippen LogP contribution < -0.4 is 10.2 Å². The molecule has 9 nitrogen and oxygen atoms in total. The average molecular weight is 380 g/mol. The molecule has 2 N–H and O–H groups in total. The minimum Gasteiger partial charge on any atom is -0.478 e. The van der Waals surface area contributed by atoms with Gasteiger partial charge in [-0.15, -0.1) is 5.10 Å². The van der Waals surface area contributed by atoms with E-state index in [1.807, 2.05) is 0 Å². The summed E-state index contributed by atoms with van der Waals surface area (Å²) in [5.41, 5.74) is 1.43. The average Bonchev–Trinajstić information content (AvgIpc) is 3.10. The number of rotatable bonds is 4. The lowest BCUT2D eigenvalue weighted by atomic mass is 10.0. The number of pyridine rings is 2. The van der Waals surface area contributed by atoms with Crippen molar-refractivity contribution in [3.63, 3.8) is 0 Å². The first kappa shape index (κ1) is 17.9. The Kier molecular flexibility index (Phi) is 4.64. The van der Waals surface area contributed by atoms with Crippen LogP contribution in [-0.4, -0.2) is 49.2 Å². The fourth-order valence-corrected chi connectivity index (χ4v) is 3.50. The Balaban J connectivity index is 1.70. The van der Waals surface area contributed by atoms with E-state index in [4.69, 9.17) is 0 Å². The molecule has 1 unspecified atom stereocenters. The van der Waals surface area contributed by atoms with E-state index in [0.717, 1.165) is 25.1 Å². The van der Waals surface area contributed by atoms with Gasteiger partial charge in [0.2, 0.25) is 5.95 Å². The van der Waals surface area contributed by atoms with Crippen LogP contribution in [0.15, 0.2) is 36.8 Å². The fraction of sp³-hybridized carbons (Fsp3) is 0.316. The molecule has 0 aromatic carbocycles. The Morgan fingerprint density at radius 2 is 2.04 bits per heavy atom. The van der Waals surface area contributed by atoms with Gasteiger partial charge in [0, 0.05) is 30.5 Å². The number of carbonyl (C=O) groups excluding carboxylic acids is 1. The molecule has 144 valence electrons. The van der Waals surface area contributed by atoms with Crippen molar-refractivity contribution in [2.45, 2.75) is 32.2 Å². The smallest absolute Gasteiger partial charge is 0.339 e. The summed E-state index contributed by atoms with van der Waals surface area (Å²) in [4.78, 5) is 34.4. The van der Waals surface area contributed by atoms with Gasteiger partial charge in [-0.2, -0.15) is 4.98 Å². The molecular weight excluding hydrogens is 360 g/mol. The van der Waals surface area contributed by atoms with Gasteiger partial charge in [-0.25, -0.2) is 9.31 Å². The van der Waals surface area contributed by atoms with Gasteiger partial charge in [0.15, 0.2) is 5.65 Å². The number of amides is 1. The summed E-state index contributed by atoms with van der Waals surface area (Å²) in [5.74, 6) is -1.43. The Morgan fingerprint density at radius 1 is 1.25 bits per heavy atom. The second kappa shape index (κ2) is 7.26. The number of anilines is 2. The normalized spacial score (nSPS) is 16.9. The first-order chi connectivity index (χ1) is 13.5. The zero-order chi connectivity index (χ0) is 19.7. The molecule has 0 aliphatic carbocycles. The number of hydrogen-bond acceptors (Lipinski definition) is 6. The van der Waals surface area contributed by atoms with Crippen LogP contribution in [0.3, 0.4) is 0 Å². The topological polar surface area (TPSA) is 113 Å². The third kappa shape index (κ3) is 3.38. The molecule has 1 saturated heterocycles. The van der Waals surface area contributed by atoms with Gasteiger partial charge in [-0.1, -0.05) is 0 Å². The fourth-order valence-electron chi connectivity index (χ4n) is 3.50. The van der Waals surface area contributed by atoms with Crippen molar-refractivity contribution in [3.8, 4) is 0 Å². The predicted octanol–water partition coefficient (Wildman–Crippen LogP) is 2.45. The minimum absolute atomic E-state index is 0.0483. The number of carbonyl (C=O) groups is 2. The van der Waals surface area contributed by atoms with Crippen LogP contribution in [-0.2, 0) is 0 Å². The van der Waals surface area contributed by atoms with Crippen LogP contribution in [0.2, 0.25) is 0 Å². The van der Waals surface area contributed by atoms with Crippen LogP contribution in [0.4, 0.5) is 11.6 Å². The Bertz CT molecular complexity index is 1030. The Morgan fingerprint density at radius 3 is 2.75 bits per heavy atom. The molecule has 0 spiro atoms. The van der Waals surface area contributed by atoms with Gasteiger partial charge in [0.25, 0.3) is 5.91 Å². The highest BCUT2D eigenvalue weighted by molar-refractivity contribution is 6.03. The predicted molar refractivity (Wildman–Crippen MR) is 103 cm³/mol. The molecule has 1 amide bonds. The zero-order valence-corrected chi connectivity index (χ0v) is 15.4. The maximum atomic E-state index is 12.3. The molecule has 1 fully saturated rings. The van der Waals surface area contributed by atoms with Gasteiger partial charge < -0.3 is 10.0 Å². The monoisotopic (exact) mass is 380 g/mol. The molecule has 0 bridgehead atoms. The van der Waals surface area contributed by atoms with E-state index in [2.05, 4.69) is 32.2 Å². The molecule has 4 heterocycles. The molecule has 1 aliphatic rings. The minimum atomic E-state index is -1.09. The first-order valence-electron chi connectivity index (χ1n) is 9.14. The molecule has 3 aromatic heterocycles. The summed E-state index contributed by atoms with van der Waals surface area (Å²) in [6.07, 6.45) is 8.08. The van der Waals surface area contributed by atoms with Crippen LogP contribution in [0, 0.1) is 0 Å². The lowest BCUT2D eigenvalue weighted by Gasteiger charge is -2.35. The molecule has 9 heteroatoms. The molecule has 3 aromatic rings. The highest BCUT2D eigenvalue weighted by Gasteiger charge is 2.23. The summed E-state index contributed by atoms with van der Waals surface area (Å²) >= 11 is 0. The Hall–Kier alpha value is -3.49. The first-order valence-corrected chi connectivity index (χ1v) is 9.14. The Labute approximate surface area is 161 Å². The van der Waals surface area contributed by atoms with Gasteiger partial charge in [-0.3, -0.25) is 15.1 Å². The van der Waals surface area contributed by atoms with Crippen molar-refractivity contribution in [1.29, 1.82) is 0 Å². The van der Waals surface area contributed by atoms with Crippen LogP contribution in [0.25, 0.3) is 5.65 Å². The lowest BCUT2D eigenvalue weighted by Crippen LogP contribution is -2.37. The van der Waals surface area contributed by atoms with Crippen molar-refractivity contribution >= 4 is 29.2 Å². The quantitative estimate of drug-likeness (QED) is 0.715. The van der Waals surface area contributed by atoms with E-state index >= 15 is 0 Å². The number of carboxylic acids is 1. The van der Waals surface area contributed by atoms with E-state index in [9.17, 15) is 14.7 Å². The molecule has 1 aliphatic heterocycles. The van der Waals surface area contributed by atoms with Gasteiger partial charge >= 0.3 is 5.97 Å². The summed E-state index contributed by atoms with van der Waals surface area (Å²) < 4.78 is 1.42. The van der Waals surface area contributed by atoms with E-state index in [-0.39, 0.29) is 23.1 Å². The van der Waals surface area contributed by atoms with Gasteiger partial charge in [-0.05, 0) is 44.4 Å².